The number of nitrogens with two attached hydrogens (primary N) is 1. The average molecular weight is 291 g/mol. The molecule has 1 saturated carbocycles. The fourth-order valence-electron chi connectivity index (χ4n) is 3.20. The highest BCUT2D eigenvalue weighted by atomic mass is 16.5. The molecule has 3 atom stereocenters. The Morgan fingerprint density at radius 2 is 2.10 bits per heavy atom. The number of anilines is 1. The minimum Gasteiger partial charge on any atom is -0.488 e. The minimum absolute atomic E-state index is 0.159. The maximum atomic E-state index is 10.9. The summed E-state index contributed by atoms with van der Waals surface area (Å²) in [7, 11) is 0. The predicted molar refractivity (Wildman–Crippen MR) is 83.6 cm³/mol. The van der Waals surface area contributed by atoms with E-state index in [9.17, 15) is 4.79 Å². The van der Waals surface area contributed by atoms with Gasteiger partial charge in [0.2, 0.25) is 0 Å². The molecule has 0 radical (unpaired) electrons. The number of carbonyl (C=O) groups is 1. The highest BCUT2D eigenvalue weighted by Gasteiger charge is 2.32. The van der Waals surface area contributed by atoms with E-state index in [4.69, 9.17) is 15.6 Å². The lowest BCUT2D eigenvalue weighted by Crippen LogP contribution is -2.36. The minimum atomic E-state index is -0.973. The number of aromatic carboxylic acids is 1. The van der Waals surface area contributed by atoms with Crippen molar-refractivity contribution >= 4 is 11.7 Å². The molecule has 116 valence electrons. The van der Waals surface area contributed by atoms with Crippen LogP contribution in [0.3, 0.4) is 0 Å². The molecule has 0 saturated heterocycles. The molecule has 4 nitrogen and oxygen atoms in total. The summed E-state index contributed by atoms with van der Waals surface area (Å²) in [5.41, 5.74) is 6.53. The van der Waals surface area contributed by atoms with Gasteiger partial charge in [0.15, 0.2) is 0 Å². The normalized spacial score (nSPS) is 25.8. The van der Waals surface area contributed by atoms with E-state index in [0.717, 1.165) is 6.42 Å². The largest absolute Gasteiger partial charge is 0.488 e. The van der Waals surface area contributed by atoms with Gasteiger partial charge in [-0.3, -0.25) is 0 Å². The predicted octanol–water partition coefficient (Wildman–Crippen LogP) is 3.81. The first-order valence-electron chi connectivity index (χ1n) is 7.68. The van der Waals surface area contributed by atoms with E-state index in [-0.39, 0.29) is 11.7 Å². The van der Waals surface area contributed by atoms with E-state index >= 15 is 0 Å². The summed E-state index contributed by atoms with van der Waals surface area (Å²) in [6.07, 6.45) is 3.61. The zero-order valence-corrected chi connectivity index (χ0v) is 13.0. The molecule has 1 aromatic carbocycles. The van der Waals surface area contributed by atoms with E-state index in [2.05, 4.69) is 20.8 Å². The van der Waals surface area contributed by atoms with E-state index in [1.54, 1.807) is 12.1 Å². The number of carboxylic acids is 1. The molecular weight excluding hydrogens is 266 g/mol. The van der Waals surface area contributed by atoms with Crippen molar-refractivity contribution in [1.82, 2.24) is 0 Å². The first-order chi connectivity index (χ1) is 9.88. The van der Waals surface area contributed by atoms with Crippen molar-refractivity contribution in [2.45, 2.75) is 46.1 Å². The number of nitrogen functional groups attached to an aromatic ring is 1. The van der Waals surface area contributed by atoms with Crippen molar-refractivity contribution in [1.29, 1.82) is 0 Å². The van der Waals surface area contributed by atoms with Crippen molar-refractivity contribution in [3.05, 3.63) is 23.8 Å². The Hall–Kier alpha value is -1.71. The van der Waals surface area contributed by atoms with Crippen LogP contribution in [0.25, 0.3) is 0 Å². The van der Waals surface area contributed by atoms with Crippen LogP contribution in [0, 0.1) is 17.8 Å². The molecule has 0 heterocycles. The van der Waals surface area contributed by atoms with Crippen molar-refractivity contribution < 1.29 is 14.6 Å². The molecule has 1 aliphatic carbocycles. The van der Waals surface area contributed by atoms with Crippen LogP contribution < -0.4 is 10.5 Å². The van der Waals surface area contributed by atoms with Gasteiger partial charge in [0.05, 0.1) is 11.3 Å². The van der Waals surface area contributed by atoms with Gasteiger partial charge in [-0.1, -0.05) is 27.2 Å². The van der Waals surface area contributed by atoms with E-state index in [0.29, 0.717) is 29.2 Å². The smallest absolute Gasteiger partial charge is 0.335 e. The number of hydrogen-bond donors (Lipinski definition) is 2. The summed E-state index contributed by atoms with van der Waals surface area (Å²) >= 11 is 0. The van der Waals surface area contributed by atoms with Gasteiger partial charge in [-0.05, 0) is 48.8 Å². The number of hydrogen-bond acceptors (Lipinski definition) is 3. The Kier molecular flexibility index (Phi) is 4.76. The van der Waals surface area contributed by atoms with Crippen LogP contribution in [0.2, 0.25) is 0 Å². The highest BCUT2D eigenvalue weighted by Crippen LogP contribution is 2.37. The molecule has 3 N–H and O–H groups in total. The Morgan fingerprint density at radius 1 is 1.38 bits per heavy atom. The third-order valence-electron chi connectivity index (χ3n) is 4.50. The molecular formula is C17H25NO3. The fourth-order valence-corrected chi connectivity index (χ4v) is 3.20. The molecule has 0 aromatic heterocycles. The van der Waals surface area contributed by atoms with Gasteiger partial charge in [-0.25, -0.2) is 4.79 Å². The molecule has 21 heavy (non-hydrogen) atoms. The highest BCUT2D eigenvalue weighted by molar-refractivity contribution is 5.89. The van der Waals surface area contributed by atoms with Gasteiger partial charge < -0.3 is 15.6 Å². The summed E-state index contributed by atoms with van der Waals surface area (Å²) in [5.74, 6) is 1.38. The lowest BCUT2D eigenvalue weighted by Gasteiger charge is -2.37. The molecule has 4 heteroatoms. The van der Waals surface area contributed by atoms with E-state index in [1.807, 2.05) is 0 Å². The molecule has 3 unspecified atom stereocenters. The van der Waals surface area contributed by atoms with Crippen LogP contribution >= 0.6 is 0 Å². The van der Waals surface area contributed by atoms with Crippen LogP contribution in [0.1, 0.15) is 50.4 Å². The zero-order valence-electron chi connectivity index (χ0n) is 13.0. The zero-order chi connectivity index (χ0) is 15.6. The number of ether oxygens (including phenoxy) is 1. The van der Waals surface area contributed by atoms with Crippen molar-refractivity contribution in [2.24, 2.45) is 17.8 Å². The molecule has 0 aliphatic heterocycles. The molecule has 1 aliphatic rings. The maximum Gasteiger partial charge on any atom is 0.335 e. The molecule has 1 fully saturated rings. The summed E-state index contributed by atoms with van der Waals surface area (Å²) < 4.78 is 6.15. The SMILES string of the molecule is CC1CCC(C(C)C)C(Oc2ccc(C(=O)O)cc2N)C1. The third-order valence-corrected chi connectivity index (χ3v) is 4.50. The van der Waals surface area contributed by atoms with Crippen molar-refractivity contribution in [3.63, 3.8) is 0 Å². The average Bonchev–Trinajstić information content (AvgIpc) is 2.40. The molecule has 0 spiro atoms. The summed E-state index contributed by atoms with van der Waals surface area (Å²) in [6.45, 7) is 6.71. The summed E-state index contributed by atoms with van der Waals surface area (Å²) in [6, 6.07) is 4.69. The monoisotopic (exact) mass is 291 g/mol. The first kappa shape index (κ1) is 15.7. The number of benzene rings is 1. The van der Waals surface area contributed by atoms with Crippen LogP contribution in [0.15, 0.2) is 18.2 Å². The van der Waals surface area contributed by atoms with Gasteiger partial charge in [0.25, 0.3) is 0 Å². The molecule has 0 bridgehead atoms. The van der Waals surface area contributed by atoms with Gasteiger partial charge in [0.1, 0.15) is 11.9 Å². The van der Waals surface area contributed by atoms with Gasteiger partial charge >= 0.3 is 5.97 Å². The van der Waals surface area contributed by atoms with Crippen LogP contribution in [0.5, 0.6) is 5.75 Å². The Labute approximate surface area is 126 Å². The Bertz CT molecular complexity index is 513. The summed E-state index contributed by atoms with van der Waals surface area (Å²) in [4.78, 5) is 10.9. The second kappa shape index (κ2) is 6.37. The quantitative estimate of drug-likeness (QED) is 0.827. The Morgan fingerprint density at radius 3 is 2.67 bits per heavy atom. The lowest BCUT2D eigenvalue weighted by molar-refractivity contribution is 0.0465. The standard InChI is InChI=1S/C17H25NO3/c1-10(2)13-6-4-11(3)8-16(13)21-15-7-5-12(17(19)20)9-14(15)18/h5,7,9-11,13,16H,4,6,8,18H2,1-3H3,(H,19,20). The molecule has 2 rings (SSSR count). The van der Waals surface area contributed by atoms with Gasteiger partial charge in [-0.15, -0.1) is 0 Å². The molecule has 1 aromatic rings. The van der Waals surface area contributed by atoms with Gasteiger partial charge in [0, 0.05) is 0 Å². The lowest BCUT2D eigenvalue weighted by atomic mass is 9.75. The number of rotatable bonds is 4. The second-order valence-electron chi connectivity index (χ2n) is 6.54. The van der Waals surface area contributed by atoms with Crippen LogP contribution in [-0.4, -0.2) is 17.2 Å². The summed E-state index contributed by atoms with van der Waals surface area (Å²) in [5, 5.41) is 8.97. The van der Waals surface area contributed by atoms with Crippen molar-refractivity contribution in [3.8, 4) is 5.75 Å². The maximum absolute atomic E-state index is 10.9. The topological polar surface area (TPSA) is 72.5 Å². The fraction of sp³-hybridized carbons (Fsp3) is 0.588. The number of carboxylic acid groups (broad SMARTS) is 1. The van der Waals surface area contributed by atoms with Crippen molar-refractivity contribution in [2.75, 3.05) is 5.73 Å². The molecule has 0 amide bonds. The van der Waals surface area contributed by atoms with Crippen LogP contribution in [-0.2, 0) is 0 Å². The van der Waals surface area contributed by atoms with E-state index in [1.165, 1.54) is 18.9 Å². The van der Waals surface area contributed by atoms with Gasteiger partial charge in [-0.2, -0.15) is 0 Å². The van der Waals surface area contributed by atoms with Crippen LogP contribution in [0.4, 0.5) is 5.69 Å². The Balaban J connectivity index is 2.16. The third kappa shape index (κ3) is 3.69. The second-order valence-corrected chi connectivity index (χ2v) is 6.54. The van der Waals surface area contributed by atoms with E-state index < -0.39 is 5.97 Å². The first-order valence-corrected chi connectivity index (χ1v) is 7.68.